The third-order valence-electron chi connectivity index (χ3n) is 3.56. The van der Waals surface area contributed by atoms with Gasteiger partial charge in [-0.2, -0.15) is 5.10 Å². The van der Waals surface area contributed by atoms with Crippen LogP contribution in [0.1, 0.15) is 32.4 Å². The van der Waals surface area contributed by atoms with E-state index in [9.17, 15) is 9.59 Å². The zero-order valence-electron chi connectivity index (χ0n) is 13.1. The van der Waals surface area contributed by atoms with Crippen LogP contribution < -0.4 is 0 Å². The van der Waals surface area contributed by atoms with Gasteiger partial charge in [0.15, 0.2) is 6.10 Å². The summed E-state index contributed by atoms with van der Waals surface area (Å²) in [6, 6.07) is 17.8. The summed E-state index contributed by atoms with van der Waals surface area (Å²) in [4.78, 5) is 25.2. The topological polar surface area (TPSA) is 61.2 Å². The molecule has 24 heavy (non-hydrogen) atoms. The molecule has 0 radical (unpaired) electrons. The number of ketones is 1. The number of Topliss-reactive ketones (excluding diaryl/α,β-unsaturated/α-hetero) is 1. The van der Waals surface area contributed by atoms with Crippen molar-refractivity contribution < 1.29 is 14.3 Å². The second-order valence-electron chi connectivity index (χ2n) is 5.33. The summed E-state index contributed by atoms with van der Waals surface area (Å²) in [7, 11) is 1.71. The molecule has 120 valence electrons. The Morgan fingerprint density at radius 1 is 0.958 bits per heavy atom. The summed E-state index contributed by atoms with van der Waals surface area (Å²) in [5, 5.41) is 3.95. The molecule has 1 unspecified atom stereocenters. The highest BCUT2D eigenvalue weighted by Crippen LogP contribution is 2.23. The molecule has 0 N–H and O–H groups in total. The van der Waals surface area contributed by atoms with E-state index in [-0.39, 0.29) is 5.78 Å². The van der Waals surface area contributed by atoms with Gasteiger partial charge in [0.2, 0.25) is 5.78 Å². The first kappa shape index (κ1) is 15.7. The number of esters is 1. The van der Waals surface area contributed by atoms with Gasteiger partial charge in [0.05, 0.1) is 11.8 Å². The minimum atomic E-state index is -0.999. The predicted octanol–water partition coefficient (Wildman–Crippen LogP) is 3.20. The second-order valence-corrected chi connectivity index (χ2v) is 5.33. The number of nitrogens with zero attached hydrogens (tertiary/aromatic N) is 2. The van der Waals surface area contributed by atoms with Crippen molar-refractivity contribution in [3.8, 4) is 0 Å². The van der Waals surface area contributed by atoms with Crippen LogP contribution in [-0.2, 0) is 11.8 Å². The molecule has 5 heteroatoms. The summed E-state index contributed by atoms with van der Waals surface area (Å²) in [5.41, 5.74) is 1.42. The first-order valence-corrected chi connectivity index (χ1v) is 7.49. The summed E-state index contributed by atoms with van der Waals surface area (Å²) in [6.45, 7) is 0. The van der Waals surface area contributed by atoms with E-state index in [1.54, 1.807) is 61.8 Å². The number of benzene rings is 2. The lowest BCUT2D eigenvalue weighted by atomic mass is 10.00. The fourth-order valence-electron chi connectivity index (χ4n) is 2.36. The average molecular weight is 320 g/mol. The van der Waals surface area contributed by atoms with E-state index in [0.717, 1.165) is 0 Å². The monoisotopic (exact) mass is 320 g/mol. The Hall–Kier alpha value is -3.21. The van der Waals surface area contributed by atoms with Gasteiger partial charge in [-0.15, -0.1) is 0 Å². The Bertz CT molecular complexity index is 841. The van der Waals surface area contributed by atoms with Crippen LogP contribution >= 0.6 is 0 Å². The van der Waals surface area contributed by atoms with E-state index in [2.05, 4.69) is 5.10 Å². The molecule has 0 amide bonds. The molecular formula is C19H16N2O3. The minimum absolute atomic E-state index is 0.265. The molecule has 0 aliphatic heterocycles. The van der Waals surface area contributed by atoms with Crippen LogP contribution in [-0.4, -0.2) is 21.5 Å². The van der Waals surface area contributed by atoms with Crippen molar-refractivity contribution in [1.82, 2.24) is 9.78 Å². The van der Waals surface area contributed by atoms with E-state index in [0.29, 0.717) is 16.7 Å². The third kappa shape index (κ3) is 3.41. The normalized spacial score (nSPS) is 11.7. The maximum Gasteiger partial charge on any atom is 0.342 e. The maximum atomic E-state index is 12.8. The zero-order valence-corrected chi connectivity index (χ0v) is 13.1. The molecule has 0 aliphatic rings. The molecule has 0 spiro atoms. The number of hydrogen-bond acceptors (Lipinski definition) is 4. The van der Waals surface area contributed by atoms with Crippen molar-refractivity contribution >= 4 is 11.8 Å². The van der Waals surface area contributed by atoms with Crippen molar-refractivity contribution in [3.05, 3.63) is 89.7 Å². The van der Waals surface area contributed by atoms with Crippen molar-refractivity contribution in [2.45, 2.75) is 6.10 Å². The Morgan fingerprint density at radius 2 is 1.58 bits per heavy atom. The minimum Gasteiger partial charge on any atom is -0.445 e. The van der Waals surface area contributed by atoms with Gasteiger partial charge in [-0.1, -0.05) is 60.7 Å². The van der Waals surface area contributed by atoms with Gasteiger partial charge in [-0.3, -0.25) is 9.48 Å². The maximum absolute atomic E-state index is 12.8. The molecule has 0 fully saturated rings. The SMILES string of the molecule is Cn1cc(C(=O)OC(C(=O)c2ccccc2)c2ccccc2)cn1. The molecule has 0 saturated carbocycles. The van der Waals surface area contributed by atoms with Crippen molar-refractivity contribution in [1.29, 1.82) is 0 Å². The van der Waals surface area contributed by atoms with Gasteiger partial charge in [0.1, 0.15) is 0 Å². The first-order valence-electron chi connectivity index (χ1n) is 7.49. The molecule has 1 heterocycles. The number of rotatable bonds is 5. The highest BCUT2D eigenvalue weighted by atomic mass is 16.5. The van der Waals surface area contributed by atoms with E-state index >= 15 is 0 Å². The fourth-order valence-corrected chi connectivity index (χ4v) is 2.36. The van der Waals surface area contributed by atoms with E-state index < -0.39 is 12.1 Å². The highest BCUT2D eigenvalue weighted by Gasteiger charge is 2.27. The Balaban J connectivity index is 1.91. The molecule has 3 aromatic rings. The van der Waals surface area contributed by atoms with Gasteiger partial charge in [-0.25, -0.2) is 4.79 Å². The predicted molar refractivity (Wildman–Crippen MR) is 88.6 cm³/mol. The lowest BCUT2D eigenvalue weighted by Gasteiger charge is -2.17. The molecular weight excluding hydrogens is 304 g/mol. The lowest BCUT2D eigenvalue weighted by Crippen LogP contribution is -2.20. The molecule has 0 aliphatic carbocycles. The van der Waals surface area contributed by atoms with Crippen molar-refractivity contribution in [2.75, 3.05) is 0 Å². The van der Waals surface area contributed by atoms with Crippen LogP contribution in [0.2, 0.25) is 0 Å². The van der Waals surface area contributed by atoms with Crippen LogP contribution in [0.4, 0.5) is 0 Å². The summed E-state index contributed by atoms with van der Waals surface area (Å²) < 4.78 is 7.02. The number of aromatic nitrogens is 2. The third-order valence-corrected chi connectivity index (χ3v) is 3.56. The van der Waals surface area contributed by atoms with Crippen molar-refractivity contribution in [2.24, 2.45) is 7.05 Å². The summed E-state index contributed by atoms with van der Waals surface area (Å²) in [6.07, 6.45) is 1.97. The number of aryl methyl sites for hydroxylation is 1. The molecule has 0 saturated heterocycles. The Labute approximate surface area is 139 Å². The molecule has 5 nitrogen and oxygen atoms in total. The molecule has 0 bridgehead atoms. The standard InChI is InChI=1S/C19H16N2O3/c1-21-13-16(12-20-21)19(23)24-18(15-10-6-3-7-11-15)17(22)14-8-4-2-5-9-14/h2-13,18H,1H3. The van der Waals surface area contributed by atoms with Crippen molar-refractivity contribution in [3.63, 3.8) is 0 Å². The second kappa shape index (κ2) is 6.91. The van der Waals surface area contributed by atoms with Gasteiger partial charge in [0, 0.05) is 24.4 Å². The number of carbonyl (C=O) groups excluding carboxylic acids is 2. The van der Waals surface area contributed by atoms with Crippen LogP contribution in [0.25, 0.3) is 0 Å². The smallest absolute Gasteiger partial charge is 0.342 e. The molecule has 1 aromatic heterocycles. The van der Waals surface area contributed by atoms with E-state index in [4.69, 9.17) is 4.74 Å². The van der Waals surface area contributed by atoms with Gasteiger partial charge >= 0.3 is 5.97 Å². The number of carbonyl (C=O) groups is 2. The molecule has 2 aromatic carbocycles. The lowest BCUT2D eigenvalue weighted by molar-refractivity contribution is 0.0280. The quantitative estimate of drug-likeness (QED) is 0.535. The van der Waals surface area contributed by atoms with Crippen LogP contribution in [0.15, 0.2) is 73.1 Å². The average Bonchev–Trinajstić information content (AvgIpc) is 3.07. The van der Waals surface area contributed by atoms with Gasteiger partial charge < -0.3 is 4.74 Å². The fraction of sp³-hybridized carbons (Fsp3) is 0.105. The summed E-state index contributed by atoms with van der Waals surface area (Å²) >= 11 is 0. The van der Waals surface area contributed by atoms with Gasteiger partial charge in [0.25, 0.3) is 0 Å². The zero-order chi connectivity index (χ0) is 16.9. The van der Waals surface area contributed by atoms with Crippen LogP contribution in [0, 0.1) is 0 Å². The number of ether oxygens (including phenoxy) is 1. The molecule has 1 atom stereocenters. The van der Waals surface area contributed by atoms with Crippen LogP contribution in [0.5, 0.6) is 0 Å². The van der Waals surface area contributed by atoms with E-state index in [1.807, 2.05) is 12.1 Å². The first-order chi connectivity index (χ1) is 11.6. The van der Waals surface area contributed by atoms with Crippen LogP contribution in [0.3, 0.4) is 0 Å². The van der Waals surface area contributed by atoms with E-state index in [1.165, 1.54) is 10.9 Å². The summed E-state index contributed by atoms with van der Waals surface area (Å²) in [5.74, 6) is -0.847. The van der Waals surface area contributed by atoms with Gasteiger partial charge in [-0.05, 0) is 0 Å². The molecule has 3 rings (SSSR count). The largest absolute Gasteiger partial charge is 0.445 e. The number of hydrogen-bond donors (Lipinski definition) is 0. The Kier molecular flexibility index (Phi) is 4.52. The highest BCUT2D eigenvalue weighted by molar-refractivity contribution is 6.02. The Morgan fingerprint density at radius 3 is 2.17 bits per heavy atom.